The number of carbonyl (C=O) groups excluding carboxylic acids is 2. The summed E-state index contributed by atoms with van der Waals surface area (Å²) in [5.41, 5.74) is -0.348. The summed E-state index contributed by atoms with van der Waals surface area (Å²) in [7, 11) is 3.07. The fourth-order valence-electron chi connectivity index (χ4n) is 2.53. The van der Waals surface area contributed by atoms with E-state index in [0.717, 1.165) is 13.0 Å². The van der Waals surface area contributed by atoms with E-state index in [4.69, 9.17) is 4.74 Å². The van der Waals surface area contributed by atoms with E-state index in [2.05, 4.69) is 10.2 Å². The zero-order valence-corrected chi connectivity index (χ0v) is 11.9. The smallest absolute Gasteiger partial charge is 0.309 e. The molecule has 1 saturated heterocycles. The van der Waals surface area contributed by atoms with Crippen LogP contribution in [0.4, 0.5) is 0 Å². The van der Waals surface area contributed by atoms with Crippen molar-refractivity contribution in [2.75, 3.05) is 27.2 Å². The van der Waals surface area contributed by atoms with Gasteiger partial charge in [-0.05, 0) is 26.8 Å². The van der Waals surface area contributed by atoms with Crippen molar-refractivity contribution in [1.29, 1.82) is 0 Å². The summed E-state index contributed by atoms with van der Waals surface area (Å²) in [5, 5.41) is 2.71. The van der Waals surface area contributed by atoms with E-state index in [1.54, 1.807) is 7.05 Å². The minimum Gasteiger partial charge on any atom is -0.469 e. The van der Waals surface area contributed by atoms with E-state index in [1.807, 2.05) is 20.8 Å². The highest BCUT2D eigenvalue weighted by Gasteiger charge is 2.42. The first kappa shape index (κ1) is 15.0. The lowest BCUT2D eigenvalue weighted by atomic mass is 9.88. The van der Waals surface area contributed by atoms with Gasteiger partial charge in [-0.2, -0.15) is 0 Å². The molecule has 3 atom stereocenters. The molecule has 0 spiro atoms. The van der Waals surface area contributed by atoms with Crippen LogP contribution >= 0.6 is 0 Å². The first-order valence-corrected chi connectivity index (χ1v) is 6.40. The van der Waals surface area contributed by atoms with E-state index in [9.17, 15) is 9.59 Å². The highest BCUT2D eigenvalue weighted by molar-refractivity contribution is 5.82. The number of nitrogens with one attached hydrogen (secondary N) is 1. The van der Waals surface area contributed by atoms with Gasteiger partial charge in [0.25, 0.3) is 0 Å². The molecule has 5 nitrogen and oxygen atoms in total. The van der Waals surface area contributed by atoms with Crippen molar-refractivity contribution in [3.8, 4) is 0 Å². The number of carbonyl (C=O) groups is 2. The van der Waals surface area contributed by atoms with Gasteiger partial charge in [-0.3, -0.25) is 14.5 Å². The standard InChI is InChI=1S/C13H24N2O3/c1-9(11(16)18-5)10(2)15-7-6-13(3,8-15)12(17)14-4/h9-10H,6-8H2,1-5H3,(H,14,17). The van der Waals surface area contributed by atoms with Crippen LogP contribution in [-0.2, 0) is 14.3 Å². The molecule has 104 valence electrons. The van der Waals surface area contributed by atoms with Gasteiger partial charge >= 0.3 is 5.97 Å². The van der Waals surface area contributed by atoms with Gasteiger partial charge in [0.1, 0.15) is 0 Å². The Balaban J connectivity index is 2.66. The summed E-state index contributed by atoms with van der Waals surface area (Å²) in [4.78, 5) is 25.6. The average Bonchev–Trinajstić information content (AvgIpc) is 2.78. The zero-order valence-electron chi connectivity index (χ0n) is 11.9. The van der Waals surface area contributed by atoms with Gasteiger partial charge in [0.15, 0.2) is 0 Å². The van der Waals surface area contributed by atoms with Gasteiger partial charge in [0, 0.05) is 19.6 Å². The SMILES string of the molecule is CNC(=O)C1(C)CCN(C(C)C(C)C(=O)OC)C1. The van der Waals surface area contributed by atoms with E-state index in [0.29, 0.717) is 6.54 Å². The van der Waals surface area contributed by atoms with Gasteiger partial charge in [-0.1, -0.05) is 6.92 Å². The van der Waals surface area contributed by atoms with E-state index < -0.39 is 0 Å². The normalized spacial score (nSPS) is 27.6. The lowest BCUT2D eigenvalue weighted by Gasteiger charge is -2.29. The Morgan fingerprint density at radius 2 is 2.00 bits per heavy atom. The second-order valence-electron chi connectivity index (χ2n) is 5.41. The monoisotopic (exact) mass is 256 g/mol. The van der Waals surface area contributed by atoms with Crippen LogP contribution in [0.15, 0.2) is 0 Å². The lowest BCUT2D eigenvalue weighted by Crippen LogP contribution is -2.43. The molecule has 0 radical (unpaired) electrons. The molecule has 0 aliphatic carbocycles. The predicted molar refractivity (Wildman–Crippen MR) is 69.0 cm³/mol. The summed E-state index contributed by atoms with van der Waals surface area (Å²) >= 11 is 0. The van der Waals surface area contributed by atoms with Gasteiger partial charge in [-0.25, -0.2) is 0 Å². The van der Waals surface area contributed by atoms with Crippen LogP contribution in [-0.4, -0.2) is 50.1 Å². The molecule has 3 unspecified atom stereocenters. The molecule has 0 aromatic carbocycles. The number of hydrogen-bond acceptors (Lipinski definition) is 4. The first-order chi connectivity index (χ1) is 8.35. The molecule has 1 amide bonds. The summed E-state index contributed by atoms with van der Waals surface area (Å²) < 4.78 is 4.77. The second-order valence-corrected chi connectivity index (χ2v) is 5.41. The predicted octanol–water partition coefficient (Wildman–Crippen LogP) is 0.642. The zero-order chi connectivity index (χ0) is 13.9. The van der Waals surface area contributed by atoms with Crippen molar-refractivity contribution in [2.24, 2.45) is 11.3 Å². The molecular weight excluding hydrogens is 232 g/mol. The third-order valence-corrected chi connectivity index (χ3v) is 4.15. The number of amides is 1. The summed E-state index contributed by atoms with van der Waals surface area (Å²) in [6.07, 6.45) is 0.824. The van der Waals surface area contributed by atoms with Crippen LogP contribution in [0.2, 0.25) is 0 Å². The van der Waals surface area contributed by atoms with E-state index >= 15 is 0 Å². The van der Waals surface area contributed by atoms with Crippen molar-refractivity contribution in [3.05, 3.63) is 0 Å². The largest absolute Gasteiger partial charge is 0.469 e. The highest BCUT2D eigenvalue weighted by atomic mass is 16.5. The number of hydrogen-bond donors (Lipinski definition) is 1. The molecule has 1 fully saturated rings. The first-order valence-electron chi connectivity index (χ1n) is 6.40. The van der Waals surface area contributed by atoms with Crippen molar-refractivity contribution in [3.63, 3.8) is 0 Å². The maximum atomic E-state index is 11.8. The molecule has 1 rings (SSSR count). The Labute approximate surface area is 109 Å². The topological polar surface area (TPSA) is 58.6 Å². The summed E-state index contributed by atoms with van der Waals surface area (Å²) in [5.74, 6) is -0.305. The number of esters is 1. The van der Waals surface area contributed by atoms with Crippen LogP contribution in [0.3, 0.4) is 0 Å². The Hall–Kier alpha value is -1.10. The van der Waals surface area contributed by atoms with Crippen molar-refractivity contribution in [1.82, 2.24) is 10.2 Å². The maximum absolute atomic E-state index is 11.8. The van der Waals surface area contributed by atoms with Crippen molar-refractivity contribution < 1.29 is 14.3 Å². The fourth-order valence-corrected chi connectivity index (χ4v) is 2.53. The molecular formula is C13H24N2O3. The minimum atomic E-state index is -0.348. The van der Waals surface area contributed by atoms with Crippen LogP contribution in [0.25, 0.3) is 0 Å². The molecule has 1 heterocycles. The number of likely N-dealkylation sites (tertiary alicyclic amines) is 1. The molecule has 5 heteroatoms. The minimum absolute atomic E-state index is 0.0721. The van der Waals surface area contributed by atoms with Gasteiger partial charge in [0.05, 0.1) is 18.4 Å². The number of methoxy groups -OCH3 is 1. The average molecular weight is 256 g/mol. The van der Waals surface area contributed by atoms with E-state index in [1.165, 1.54) is 7.11 Å². The molecule has 1 aliphatic heterocycles. The van der Waals surface area contributed by atoms with E-state index in [-0.39, 0.29) is 29.3 Å². The van der Waals surface area contributed by atoms with Crippen LogP contribution < -0.4 is 5.32 Å². The highest BCUT2D eigenvalue weighted by Crippen LogP contribution is 2.32. The number of nitrogens with zero attached hydrogens (tertiary/aromatic N) is 1. The second kappa shape index (κ2) is 5.69. The Morgan fingerprint density at radius 1 is 1.39 bits per heavy atom. The lowest BCUT2D eigenvalue weighted by molar-refractivity contribution is -0.146. The van der Waals surface area contributed by atoms with Crippen LogP contribution in [0, 0.1) is 11.3 Å². The molecule has 0 aromatic heterocycles. The third kappa shape index (κ3) is 2.83. The Morgan fingerprint density at radius 3 is 2.50 bits per heavy atom. The Bertz CT molecular complexity index is 332. The number of ether oxygens (including phenoxy) is 1. The number of rotatable bonds is 4. The molecule has 0 aromatic rings. The quantitative estimate of drug-likeness (QED) is 0.750. The third-order valence-electron chi connectivity index (χ3n) is 4.15. The molecule has 1 aliphatic rings. The summed E-state index contributed by atoms with van der Waals surface area (Å²) in [6.45, 7) is 7.38. The molecule has 1 N–H and O–H groups in total. The van der Waals surface area contributed by atoms with Gasteiger partial charge < -0.3 is 10.1 Å². The van der Waals surface area contributed by atoms with Gasteiger partial charge in [-0.15, -0.1) is 0 Å². The van der Waals surface area contributed by atoms with Crippen LogP contribution in [0.1, 0.15) is 27.2 Å². The van der Waals surface area contributed by atoms with Crippen molar-refractivity contribution in [2.45, 2.75) is 33.2 Å². The van der Waals surface area contributed by atoms with Crippen LogP contribution in [0.5, 0.6) is 0 Å². The molecule has 0 saturated carbocycles. The maximum Gasteiger partial charge on any atom is 0.309 e. The molecule has 0 bridgehead atoms. The Kier molecular flexibility index (Phi) is 4.73. The van der Waals surface area contributed by atoms with Gasteiger partial charge in [0.2, 0.25) is 5.91 Å². The fraction of sp³-hybridized carbons (Fsp3) is 0.846. The summed E-state index contributed by atoms with van der Waals surface area (Å²) in [6, 6.07) is 0.0870. The molecule has 18 heavy (non-hydrogen) atoms. The van der Waals surface area contributed by atoms with Crippen molar-refractivity contribution >= 4 is 11.9 Å².